The molecule has 0 bridgehead atoms. The summed E-state index contributed by atoms with van der Waals surface area (Å²) in [5.41, 5.74) is -0.0853. The van der Waals surface area contributed by atoms with Crippen molar-refractivity contribution >= 4 is 0 Å². The van der Waals surface area contributed by atoms with Gasteiger partial charge in [0.05, 0.1) is 19.3 Å². The van der Waals surface area contributed by atoms with Gasteiger partial charge >= 0.3 is 0 Å². The van der Waals surface area contributed by atoms with Crippen LogP contribution >= 0.6 is 0 Å². The second-order valence-electron chi connectivity index (χ2n) is 7.38. The van der Waals surface area contributed by atoms with Crippen molar-refractivity contribution in [2.45, 2.75) is 50.7 Å². The average Bonchev–Trinajstić information content (AvgIpc) is 3.07. The van der Waals surface area contributed by atoms with Gasteiger partial charge < -0.3 is 4.42 Å². The van der Waals surface area contributed by atoms with E-state index in [2.05, 4.69) is 20.0 Å². The predicted octanol–water partition coefficient (Wildman–Crippen LogP) is 1.96. The Balaban J connectivity index is 1.31. The Morgan fingerprint density at radius 2 is 2.15 bits per heavy atom. The van der Waals surface area contributed by atoms with E-state index in [1.54, 1.807) is 33.9 Å². The van der Waals surface area contributed by atoms with Crippen LogP contribution in [0.1, 0.15) is 43.3 Å². The molecule has 2 fully saturated rings. The minimum absolute atomic E-state index is 0.0853. The van der Waals surface area contributed by atoms with Crippen molar-refractivity contribution in [2.75, 3.05) is 6.54 Å². The first-order valence-corrected chi connectivity index (χ1v) is 9.51. The van der Waals surface area contributed by atoms with Gasteiger partial charge in [-0.1, -0.05) is 0 Å². The van der Waals surface area contributed by atoms with E-state index in [0.29, 0.717) is 24.8 Å². The number of oxazole rings is 1. The average molecular weight is 366 g/mol. The monoisotopic (exact) mass is 366 g/mol. The summed E-state index contributed by atoms with van der Waals surface area (Å²) in [6, 6.07) is 3.54. The van der Waals surface area contributed by atoms with Crippen molar-refractivity contribution in [3.8, 4) is 5.82 Å². The van der Waals surface area contributed by atoms with Crippen molar-refractivity contribution in [3.63, 3.8) is 0 Å². The van der Waals surface area contributed by atoms with Crippen LogP contribution in [0.5, 0.6) is 0 Å². The molecule has 0 radical (unpaired) electrons. The minimum atomic E-state index is -0.0853. The minimum Gasteiger partial charge on any atom is -0.444 e. The third kappa shape index (κ3) is 3.44. The molecule has 140 valence electrons. The van der Waals surface area contributed by atoms with E-state index >= 15 is 0 Å². The lowest BCUT2D eigenvalue weighted by Gasteiger charge is -2.23. The first kappa shape index (κ1) is 16.4. The fourth-order valence-corrected chi connectivity index (χ4v) is 3.74. The van der Waals surface area contributed by atoms with Crippen LogP contribution in [0.25, 0.3) is 5.82 Å². The molecule has 8 heteroatoms. The van der Waals surface area contributed by atoms with Gasteiger partial charge in [0, 0.05) is 30.4 Å². The standard InChI is InChI=1S/C19H22N6O2/c26-19-6-5-17(24-9-7-20-13-24)22-25(19)11-15-2-1-8-23(15)12-18-21-10-16(27-18)14-3-4-14/h5-7,9-10,13-15H,1-4,8,11-12H2. The Labute approximate surface area is 156 Å². The summed E-state index contributed by atoms with van der Waals surface area (Å²) in [6.07, 6.45) is 11.6. The van der Waals surface area contributed by atoms with Crippen molar-refractivity contribution in [3.05, 3.63) is 59.1 Å². The SMILES string of the molecule is O=c1ccc(-n2ccnc2)nn1CC1CCCN1Cc1ncc(C2CC2)o1. The Morgan fingerprint density at radius 1 is 1.22 bits per heavy atom. The molecule has 0 spiro atoms. The van der Waals surface area contributed by atoms with Crippen LogP contribution in [0.15, 0.2) is 46.3 Å². The summed E-state index contributed by atoms with van der Waals surface area (Å²) in [5.74, 6) is 3.07. The highest BCUT2D eigenvalue weighted by molar-refractivity contribution is 5.19. The molecule has 0 amide bonds. The first-order chi connectivity index (χ1) is 13.3. The Morgan fingerprint density at radius 3 is 2.96 bits per heavy atom. The fraction of sp³-hybridized carbons (Fsp3) is 0.474. The quantitative estimate of drug-likeness (QED) is 0.663. The lowest BCUT2D eigenvalue weighted by atomic mass is 10.2. The van der Waals surface area contributed by atoms with E-state index in [-0.39, 0.29) is 11.6 Å². The van der Waals surface area contributed by atoms with Crippen LogP contribution < -0.4 is 5.56 Å². The third-order valence-corrected chi connectivity index (χ3v) is 5.39. The van der Waals surface area contributed by atoms with Crippen LogP contribution in [0, 0.1) is 0 Å². The number of likely N-dealkylation sites (tertiary alicyclic amines) is 1. The molecule has 5 rings (SSSR count). The van der Waals surface area contributed by atoms with Gasteiger partial charge in [-0.15, -0.1) is 0 Å². The highest BCUT2D eigenvalue weighted by Crippen LogP contribution is 2.40. The number of aromatic nitrogens is 5. The van der Waals surface area contributed by atoms with Crippen LogP contribution in [-0.4, -0.2) is 41.8 Å². The number of hydrogen-bond donors (Lipinski definition) is 0. The molecular weight excluding hydrogens is 344 g/mol. The van der Waals surface area contributed by atoms with Gasteiger partial charge in [-0.3, -0.25) is 14.3 Å². The highest BCUT2D eigenvalue weighted by atomic mass is 16.4. The molecule has 0 N–H and O–H groups in total. The van der Waals surface area contributed by atoms with Gasteiger partial charge in [-0.05, 0) is 38.3 Å². The summed E-state index contributed by atoms with van der Waals surface area (Å²) in [7, 11) is 0. The smallest absolute Gasteiger partial charge is 0.266 e. The molecule has 27 heavy (non-hydrogen) atoms. The molecular formula is C19H22N6O2. The topological polar surface area (TPSA) is 82.0 Å². The van der Waals surface area contributed by atoms with E-state index < -0.39 is 0 Å². The van der Waals surface area contributed by atoms with Crippen molar-refractivity contribution < 1.29 is 4.42 Å². The molecule has 1 atom stereocenters. The second kappa shape index (κ2) is 6.77. The maximum atomic E-state index is 12.3. The predicted molar refractivity (Wildman–Crippen MR) is 97.5 cm³/mol. The van der Waals surface area contributed by atoms with E-state index in [1.807, 2.05) is 12.4 Å². The number of nitrogens with zero attached hydrogens (tertiary/aromatic N) is 6. The molecule has 1 unspecified atom stereocenters. The van der Waals surface area contributed by atoms with Gasteiger partial charge in [0.25, 0.3) is 5.56 Å². The molecule has 2 aliphatic rings. The van der Waals surface area contributed by atoms with Crippen LogP contribution in [0.3, 0.4) is 0 Å². The van der Waals surface area contributed by atoms with E-state index in [9.17, 15) is 4.79 Å². The maximum Gasteiger partial charge on any atom is 0.266 e. The molecule has 1 saturated carbocycles. The van der Waals surface area contributed by atoms with Gasteiger partial charge in [-0.2, -0.15) is 5.10 Å². The summed E-state index contributed by atoms with van der Waals surface area (Å²) >= 11 is 0. The zero-order valence-electron chi connectivity index (χ0n) is 15.1. The molecule has 4 heterocycles. The molecule has 1 aliphatic carbocycles. The van der Waals surface area contributed by atoms with Crippen molar-refractivity contribution in [1.29, 1.82) is 0 Å². The fourth-order valence-electron chi connectivity index (χ4n) is 3.74. The number of rotatable bonds is 6. The molecule has 3 aromatic rings. The van der Waals surface area contributed by atoms with Crippen LogP contribution in [-0.2, 0) is 13.1 Å². The molecule has 8 nitrogen and oxygen atoms in total. The molecule has 1 saturated heterocycles. The normalized spacial score (nSPS) is 20.4. The second-order valence-corrected chi connectivity index (χ2v) is 7.38. The lowest BCUT2D eigenvalue weighted by molar-refractivity contribution is 0.196. The summed E-state index contributed by atoms with van der Waals surface area (Å²) < 4.78 is 9.27. The van der Waals surface area contributed by atoms with E-state index in [4.69, 9.17) is 4.42 Å². The summed E-state index contributed by atoms with van der Waals surface area (Å²) in [5, 5.41) is 4.52. The zero-order chi connectivity index (χ0) is 18.2. The zero-order valence-corrected chi connectivity index (χ0v) is 15.1. The van der Waals surface area contributed by atoms with Gasteiger partial charge in [0.15, 0.2) is 5.82 Å². The molecule has 1 aliphatic heterocycles. The lowest BCUT2D eigenvalue weighted by Crippen LogP contribution is -2.37. The van der Waals surface area contributed by atoms with Crippen LogP contribution in [0.4, 0.5) is 0 Å². The van der Waals surface area contributed by atoms with Gasteiger partial charge in [-0.25, -0.2) is 14.6 Å². The first-order valence-electron chi connectivity index (χ1n) is 9.51. The largest absolute Gasteiger partial charge is 0.444 e. The van der Waals surface area contributed by atoms with Gasteiger partial charge in [0.1, 0.15) is 12.1 Å². The maximum absolute atomic E-state index is 12.3. The number of imidazole rings is 1. The van der Waals surface area contributed by atoms with E-state index in [0.717, 1.165) is 31.0 Å². The Kier molecular flexibility index (Phi) is 4.12. The third-order valence-electron chi connectivity index (χ3n) is 5.39. The Hall–Kier alpha value is -2.74. The molecule has 0 aromatic carbocycles. The van der Waals surface area contributed by atoms with Gasteiger partial charge in [0.2, 0.25) is 5.89 Å². The van der Waals surface area contributed by atoms with Crippen molar-refractivity contribution in [2.24, 2.45) is 0 Å². The van der Waals surface area contributed by atoms with E-state index in [1.165, 1.54) is 12.8 Å². The molecule has 3 aromatic heterocycles. The summed E-state index contributed by atoms with van der Waals surface area (Å²) in [4.78, 5) is 23.1. The Bertz CT molecular complexity index is 972. The summed E-state index contributed by atoms with van der Waals surface area (Å²) in [6.45, 7) is 2.24. The highest BCUT2D eigenvalue weighted by Gasteiger charge is 2.30. The van der Waals surface area contributed by atoms with Crippen molar-refractivity contribution in [1.82, 2.24) is 29.2 Å². The number of hydrogen-bond acceptors (Lipinski definition) is 6. The van der Waals surface area contributed by atoms with Crippen LogP contribution in [0.2, 0.25) is 0 Å².